The van der Waals surface area contributed by atoms with E-state index in [-0.39, 0.29) is 6.03 Å². The normalized spacial score (nSPS) is 13.7. The minimum Gasteiger partial charge on any atom is -0.151 e. The highest BCUT2D eigenvalue weighted by atomic mass is 79.9. The average molecular weight is 213 g/mol. The molecule has 0 atom stereocenters. The third-order valence-electron chi connectivity index (χ3n) is 1.48. The van der Waals surface area contributed by atoms with Crippen molar-refractivity contribution in [2.24, 2.45) is 0 Å². The number of carbonyl (C=O) groups excluding carboxylic acids is 1. The topological polar surface area (TPSA) is 45.0 Å². The first-order valence-corrected chi connectivity index (χ1v) is 3.92. The van der Waals surface area contributed by atoms with Crippen LogP contribution in [0.15, 0.2) is 22.7 Å². The molecule has 0 radical (unpaired) electrons. The van der Waals surface area contributed by atoms with Crippen LogP contribution in [0.2, 0.25) is 0 Å². The van der Waals surface area contributed by atoms with Gasteiger partial charge in [0.25, 0.3) is 10.7 Å². The molecule has 0 saturated carbocycles. The fraction of sp³-hybridized carbons (Fsp3) is 0. The van der Waals surface area contributed by atoms with Crippen LogP contribution < -0.4 is 20.7 Å². The molecule has 1 aromatic carbocycles. The highest BCUT2D eigenvalue weighted by molar-refractivity contribution is 9.10. The molecule has 0 saturated heterocycles. The Morgan fingerprint density at radius 2 is 1.91 bits per heavy atom. The second-order valence-electron chi connectivity index (χ2n) is 2.27. The van der Waals surface area contributed by atoms with Gasteiger partial charge < -0.3 is 0 Å². The summed E-state index contributed by atoms with van der Waals surface area (Å²) in [4.78, 5) is 16.1. The van der Waals surface area contributed by atoms with Crippen molar-refractivity contribution in [3.05, 3.63) is 33.4 Å². The van der Waals surface area contributed by atoms with E-state index in [2.05, 4.69) is 25.9 Å². The lowest BCUT2D eigenvalue weighted by Crippen LogP contribution is -2.93. The molecule has 0 fully saturated rings. The van der Waals surface area contributed by atoms with E-state index in [1.54, 1.807) is 0 Å². The van der Waals surface area contributed by atoms with Gasteiger partial charge in [0.15, 0.2) is 0 Å². The highest BCUT2D eigenvalue weighted by Crippen LogP contribution is 2.00. The summed E-state index contributed by atoms with van der Waals surface area (Å²) in [5.41, 5.74) is 0. The van der Waals surface area contributed by atoms with Crippen molar-refractivity contribution >= 4 is 22.0 Å². The summed E-state index contributed by atoms with van der Waals surface area (Å²) in [5.74, 6) is 0. The third-order valence-corrected chi connectivity index (χ3v) is 1.97. The summed E-state index contributed by atoms with van der Waals surface area (Å²) in [6, 6.07) is 5.41. The largest absolute Gasteiger partial charge is 0.669 e. The van der Waals surface area contributed by atoms with Crippen LogP contribution in [0.4, 0.5) is 4.79 Å². The van der Waals surface area contributed by atoms with Gasteiger partial charge in [0, 0.05) is 16.6 Å². The smallest absolute Gasteiger partial charge is 0.151 e. The minimum atomic E-state index is -0.168. The Kier molecular flexibility index (Phi) is 1.35. The maximum atomic E-state index is 10.8. The fourth-order valence-electron chi connectivity index (χ4n) is 1.00. The molecule has 1 aliphatic heterocycles. The van der Waals surface area contributed by atoms with Crippen LogP contribution >= 0.6 is 15.9 Å². The van der Waals surface area contributed by atoms with E-state index in [1.807, 2.05) is 18.2 Å². The van der Waals surface area contributed by atoms with Crippen LogP contribution in [0.5, 0.6) is 0 Å². The van der Waals surface area contributed by atoms with Crippen molar-refractivity contribution in [3.63, 3.8) is 0 Å². The summed E-state index contributed by atoms with van der Waals surface area (Å²) in [6.45, 7) is 0. The molecule has 11 heavy (non-hydrogen) atoms. The maximum Gasteiger partial charge on any atom is 0.669 e. The van der Waals surface area contributed by atoms with Gasteiger partial charge in [0.2, 0.25) is 0 Å². The third kappa shape index (κ3) is 1.09. The monoisotopic (exact) mass is 212 g/mol. The van der Waals surface area contributed by atoms with Crippen molar-refractivity contribution in [1.82, 2.24) is 0 Å². The van der Waals surface area contributed by atoms with Crippen molar-refractivity contribution in [3.8, 4) is 0 Å². The number of benzene rings is 1. The van der Waals surface area contributed by atoms with Crippen LogP contribution in [0.1, 0.15) is 0 Å². The molecule has 1 aliphatic rings. The first-order chi connectivity index (χ1) is 5.25. The molecule has 0 unspecified atom stereocenters. The van der Waals surface area contributed by atoms with Crippen molar-refractivity contribution in [2.45, 2.75) is 0 Å². The standard InChI is InChI=1S/C7H3BrN2O/c8-4-1-2-5-6(3-4)10-7(11)9-5/h1-3H/p+2. The number of hydrogen-bond donors (Lipinski definition) is 2. The van der Waals surface area contributed by atoms with Crippen molar-refractivity contribution < 1.29 is 14.8 Å². The maximum absolute atomic E-state index is 10.8. The molecule has 0 spiro atoms. The average Bonchev–Trinajstić information content (AvgIpc) is 2.27. The summed E-state index contributed by atoms with van der Waals surface area (Å²) in [7, 11) is 0. The predicted molar refractivity (Wildman–Crippen MR) is 38.9 cm³/mol. The lowest BCUT2D eigenvalue weighted by Gasteiger charge is -1.77. The Labute approximate surface area is 70.6 Å². The first kappa shape index (κ1) is 6.67. The van der Waals surface area contributed by atoms with E-state index < -0.39 is 0 Å². The molecule has 3 nitrogen and oxygen atoms in total. The van der Waals surface area contributed by atoms with E-state index in [0.717, 1.165) is 15.2 Å². The molecule has 4 heteroatoms. The summed E-state index contributed by atoms with van der Waals surface area (Å²) in [5, 5.41) is 1.66. The highest BCUT2D eigenvalue weighted by Gasteiger charge is 2.19. The number of hydrogen-bond acceptors (Lipinski definition) is 1. The van der Waals surface area contributed by atoms with Crippen LogP contribution in [-0.2, 0) is 0 Å². The second-order valence-corrected chi connectivity index (χ2v) is 3.18. The molecular formula is C7H5BrN2O+2. The number of amides is 2. The van der Waals surface area contributed by atoms with Crippen molar-refractivity contribution in [2.75, 3.05) is 0 Å². The molecule has 2 rings (SSSR count). The lowest BCUT2D eigenvalue weighted by molar-refractivity contribution is -0.517. The van der Waals surface area contributed by atoms with Gasteiger partial charge in [0.1, 0.15) is 0 Å². The Balaban J connectivity index is 2.89. The molecule has 0 aromatic heterocycles. The summed E-state index contributed by atoms with van der Waals surface area (Å²) >= 11 is 3.31. The Bertz CT molecular complexity index is 438. The van der Waals surface area contributed by atoms with Crippen LogP contribution in [0.25, 0.3) is 0 Å². The van der Waals surface area contributed by atoms with Crippen LogP contribution in [0, 0.1) is 0 Å². The summed E-state index contributed by atoms with van der Waals surface area (Å²) in [6.07, 6.45) is 0. The molecular weight excluding hydrogens is 208 g/mol. The first-order valence-electron chi connectivity index (χ1n) is 3.13. The zero-order chi connectivity index (χ0) is 7.84. The molecule has 1 heterocycles. The minimum absolute atomic E-state index is 0.168. The zero-order valence-corrected chi connectivity index (χ0v) is 7.10. The van der Waals surface area contributed by atoms with E-state index >= 15 is 0 Å². The van der Waals surface area contributed by atoms with E-state index in [9.17, 15) is 4.79 Å². The lowest BCUT2D eigenvalue weighted by atomic mass is 10.3. The van der Waals surface area contributed by atoms with E-state index in [0.29, 0.717) is 0 Å². The van der Waals surface area contributed by atoms with E-state index in [4.69, 9.17) is 0 Å². The SMILES string of the molecule is O=C1[NH+]=c2ccc(Br)cc2=[NH+]1. The van der Waals surface area contributed by atoms with Gasteiger partial charge in [-0.05, 0) is 6.07 Å². The molecule has 2 amide bonds. The Hall–Kier alpha value is -1.03. The molecule has 2 N–H and O–H groups in total. The predicted octanol–water partition coefficient (Wildman–Crippen LogP) is -3.02. The molecule has 54 valence electrons. The molecule has 0 bridgehead atoms. The Morgan fingerprint density at radius 1 is 1.18 bits per heavy atom. The number of urea groups is 1. The van der Waals surface area contributed by atoms with Gasteiger partial charge in [-0.15, -0.1) is 9.98 Å². The van der Waals surface area contributed by atoms with Crippen molar-refractivity contribution in [1.29, 1.82) is 0 Å². The second kappa shape index (κ2) is 2.23. The number of halogens is 1. The molecule has 1 aromatic rings. The van der Waals surface area contributed by atoms with Crippen LogP contribution in [0.3, 0.4) is 0 Å². The van der Waals surface area contributed by atoms with Gasteiger partial charge in [-0.25, -0.2) is 0 Å². The van der Waals surface area contributed by atoms with Gasteiger partial charge in [-0.1, -0.05) is 15.9 Å². The fourth-order valence-corrected chi connectivity index (χ4v) is 1.37. The van der Waals surface area contributed by atoms with Crippen LogP contribution in [-0.4, -0.2) is 6.03 Å². The number of fused-ring (bicyclic) bond motifs is 1. The van der Waals surface area contributed by atoms with Gasteiger partial charge >= 0.3 is 6.03 Å². The molecule has 0 aliphatic carbocycles. The zero-order valence-electron chi connectivity index (χ0n) is 5.52. The number of rotatable bonds is 0. The van der Waals surface area contributed by atoms with Gasteiger partial charge in [0.05, 0.1) is 0 Å². The number of carbonyl (C=O) groups is 1. The van der Waals surface area contributed by atoms with E-state index in [1.165, 1.54) is 0 Å². The van der Waals surface area contributed by atoms with Gasteiger partial charge in [-0.2, -0.15) is 4.79 Å². The summed E-state index contributed by atoms with van der Waals surface area (Å²) < 4.78 is 0.959. The van der Waals surface area contributed by atoms with Gasteiger partial charge in [-0.3, -0.25) is 0 Å². The quantitative estimate of drug-likeness (QED) is 0.473. The number of nitrogens with one attached hydrogen (secondary N) is 2. The Morgan fingerprint density at radius 3 is 2.73 bits per heavy atom.